The first-order valence-electron chi connectivity index (χ1n) is 5.89. The van der Waals surface area contributed by atoms with Gasteiger partial charge >= 0.3 is 5.97 Å². The van der Waals surface area contributed by atoms with E-state index in [1.807, 2.05) is 0 Å². The second-order valence-electron chi connectivity index (χ2n) is 3.54. The number of Topliss-reactive ketones (excluding diaryl/α,β-unsaturated/α-hetero) is 1. The molecule has 0 heterocycles. The van der Waals surface area contributed by atoms with Gasteiger partial charge in [0.15, 0.2) is 0 Å². The number of ether oxygens (including phenoxy) is 2. The highest BCUT2D eigenvalue weighted by Crippen LogP contribution is 2.14. The van der Waals surface area contributed by atoms with Crippen LogP contribution in [-0.4, -0.2) is 25.0 Å². The highest BCUT2D eigenvalue weighted by atomic mass is 35.5. The van der Waals surface area contributed by atoms with E-state index >= 15 is 0 Å². The van der Waals surface area contributed by atoms with Crippen molar-refractivity contribution < 1.29 is 19.1 Å². The van der Waals surface area contributed by atoms with Gasteiger partial charge in [0.05, 0.1) is 13.2 Å². The van der Waals surface area contributed by atoms with E-state index in [1.54, 1.807) is 38.1 Å². The van der Waals surface area contributed by atoms with Gasteiger partial charge < -0.3 is 9.47 Å². The molecule has 0 saturated heterocycles. The van der Waals surface area contributed by atoms with E-state index in [0.29, 0.717) is 17.2 Å². The summed E-state index contributed by atoms with van der Waals surface area (Å²) in [7, 11) is 0. The standard InChI is InChI=1S/C14H15ClO4/c1-3-18-9-12(14(17)19-4-2)13(16)10-5-7-11(15)8-6-10/h5-9H,3-4H2,1-2H3/b12-9+. The number of carbonyl (C=O) groups is 2. The van der Waals surface area contributed by atoms with Crippen LogP contribution in [0.5, 0.6) is 0 Å². The number of hydrogen-bond acceptors (Lipinski definition) is 4. The van der Waals surface area contributed by atoms with Crippen molar-refractivity contribution in [3.63, 3.8) is 0 Å². The zero-order chi connectivity index (χ0) is 14.3. The minimum absolute atomic E-state index is 0.133. The molecule has 0 aliphatic rings. The van der Waals surface area contributed by atoms with Crippen molar-refractivity contribution in [2.75, 3.05) is 13.2 Å². The second-order valence-corrected chi connectivity index (χ2v) is 3.98. The molecular formula is C14H15ClO4. The maximum Gasteiger partial charge on any atom is 0.345 e. The van der Waals surface area contributed by atoms with Gasteiger partial charge in [-0.3, -0.25) is 4.79 Å². The van der Waals surface area contributed by atoms with Gasteiger partial charge in [0, 0.05) is 10.6 Å². The molecule has 0 spiro atoms. The van der Waals surface area contributed by atoms with Crippen molar-refractivity contribution in [3.8, 4) is 0 Å². The highest BCUT2D eigenvalue weighted by Gasteiger charge is 2.21. The predicted octanol–water partition coefficient (Wildman–Crippen LogP) is 3.01. The van der Waals surface area contributed by atoms with Crippen molar-refractivity contribution >= 4 is 23.4 Å². The molecule has 0 amide bonds. The Hall–Kier alpha value is -1.81. The van der Waals surface area contributed by atoms with Gasteiger partial charge in [-0.1, -0.05) is 11.6 Å². The van der Waals surface area contributed by atoms with Crippen LogP contribution in [0, 0.1) is 0 Å². The summed E-state index contributed by atoms with van der Waals surface area (Å²) < 4.78 is 9.85. The van der Waals surface area contributed by atoms with Crippen molar-refractivity contribution in [1.29, 1.82) is 0 Å². The summed E-state index contributed by atoms with van der Waals surface area (Å²) in [6.07, 6.45) is 1.13. The first-order chi connectivity index (χ1) is 9.10. The Morgan fingerprint density at radius 2 is 1.79 bits per heavy atom. The summed E-state index contributed by atoms with van der Waals surface area (Å²) in [6.45, 7) is 3.97. The molecule has 1 rings (SSSR count). The molecule has 1 aromatic rings. The van der Waals surface area contributed by atoms with Crippen LogP contribution >= 0.6 is 11.6 Å². The lowest BCUT2D eigenvalue weighted by atomic mass is 10.0. The van der Waals surface area contributed by atoms with E-state index in [1.165, 1.54) is 0 Å². The second kappa shape index (κ2) is 7.59. The summed E-state index contributed by atoms with van der Waals surface area (Å²) in [4.78, 5) is 23.9. The van der Waals surface area contributed by atoms with Crippen molar-refractivity contribution in [2.45, 2.75) is 13.8 Å². The van der Waals surface area contributed by atoms with Crippen molar-refractivity contribution in [3.05, 3.63) is 46.7 Å². The monoisotopic (exact) mass is 282 g/mol. The van der Waals surface area contributed by atoms with Gasteiger partial charge in [-0.2, -0.15) is 0 Å². The fourth-order valence-electron chi connectivity index (χ4n) is 1.33. The first kappa shape index (κ1) is 15.2. The molecular weight excluding hydrogens is 268 g/mol. The number of carbonyl (C=O) groups excluding carboxylic acids is 2. The van der Waals surface area contributed by atoms with E-state index in [4.69, 9.17) is 21.1 Å². The van der Waals surface area contributed by atoms with E-state index in [-0.39, 0.29) is 12.2 Å². The Morgan fingerprint density at radius 3 is 2.32 bits per heavy atom. The minimum atomic E-state index is -0.698. The number of benzene rings is 1. The first-order valence-corrected chi connectivity index (χ1v) is 6.27. The molecule has 0 unspecified atom stereocenters. The van der Waals surface area contributed by atoms with E-state index in [9.17, 15) is 9.59 Å². The number of esters is 1. The molecule has 4 nitrogen and oxygen atoms in total. The average Bonchev–Trinajstić information content (AvgIpc) is 2.40. The van der Waals surface area contributed by atoms with Crippen LogP contribution in [0.3, 0.4) is 0 Å². The van der Waals surface area contributed by atoms with Gasteiger partial charge in [-0.25, -0.2) is 4.79 Å². The van der Waals surface area contributed by atoms with Gasteiger partial charge in [0.2, 0.25) is 5.78 Å². The van der Waals surface area contributed by atoms with E-state index < -0.39 is 11.8 Å². The molecule has 19 heavy (non-hydrogen) atoms. The zero-order valence-electron chi connectivity index (χ0n) is 10.8. The lowest BCUT2D eigenvalue weighted by Gasteiger charge is -2.06. The van der Waals surface area contributed by atoms with Gasteiger partial charge in [0.25, 0.3) is 0 Å². The molecule has 5 heteroatoms. The van der Waals surface area contributed by atoms with Crippen LogP contribution in [0.25, 0.3) is 0 Å². The smallest absolute Gasteiger partial charge is 0.345 e. The molecule has 0 bridgehead atoms. The Labute approximate surface area is 117 Å². The number of rotatable bonds is 6. The van der Waals surface area contributed by atoms with Gasteiger partial charge in [-0.15, -0.1) is 0 Å². The number of halogens is 1. The summed E-state index contributed by atoms with van der Waals surface area (Å²) in [5.74, 6) is -1.15. The Morgan fingerprint density at radius 1 is 1.16 bits per heavy atom. The number of ketones is 1. The maximum absolute atomic E-state index is 12.2. The fourth-order valence-corrected chi connectivity index (χ4v) is 1.45. The van der Waals surface area contributed by atoms with E-state index in [0.717, 1.165) is 6.26 Å². The van der Waals surface area contributed by atoms with Gasteiger partial charge in [-0.05, 0) is 38.1 Å². The molecule has 0 aliphatic heterocycles. The minimum Gasteiger partial charge on any atom is -0.500 e. The normalized spacial score (nSPS) is 11.0. The summed E-state index contributed by atoms with van der Waals surface area (Å²) in [6, 6.07) is 6.25. The van der Waals surface area contributed by atoms with Crippen LogP contribution in [0.2, 0.25) is 5.02 Å². The van der Waals surface area contributed by atoms with Crippen molar-refractivity contribution in [2.24, 2.45) is 0 Å². The molecule has 0 aliphatic carbocycles. The average molecular weight is 283 g/mol. The Balaban J connectivity index is 3.00. The third-order valence-corrected chi connectivity index (χ3v) is 2.47. The lowest BCUT2D eigenvalue weighted by Crippen LogP contribution is -2.16. The Kier molecular flexibility index (Phi) is 6.09. The predicted molar refractivity (Wildman–Crippen MR) is 72.1 cm³/mol. The molecule has 1 aromatic carbocycles. The fraction of sp³-hybridized carbons (Fsp3) is 0.286. The molecule has 0 saturated carbocycles. The lowest BCUT2D eigenvalue weighted by molar-refractivity contribution is -0.138. The molecule has 0 N–H and O–H groups in total. The quantitative estimate of drug-likeness (QED) is 0.201. The van der Waals surface area contributed by atoms with Crippen molar-refractivity contribution in [1.82, 2.24) is 0 Å². The topological polar surface area (TPSA) is 52.6 Å². The van der Waals surface area contributed by atoms with Crippen LogP contribution in [0.1, 0.15) is 24.2 Å². The molecule has 0 fully saturated rings. The number of hydrogen-bond donors (Lipinski definition) is 0. The summed E-state index contributed by atoms with van der Waals surface area (Å²) >= 11 is 5.75. The van der Waals surface area contributed by atoms with Crippen LogP contribution in [-0.2, 0) is 14.3 Å². The van der Waals surface area contributed by atoms with Crippen LogP contribution < -0.4 is 0 Å². The maximum atomic E-state index is 12.2. The molecule has 0 atom stereocenters. The Bertz CT molecular complexity index is 477. The largest absolute Gasteiger partial charge is 0.500 e. The zero-order valence-corrected chi connectivity index (χ0v) is 11.6. The van der Waals surface area contributed by atoms with Crippen LogP contribution in [0.4, 0.5) is 0 Å². The molecule has 0 aromatic heterocycles. The molecule has 102 valence electrons. The molecule has 0 radical (unpaired) electrons. The third kappa shape index (κ3) is 4.41. The summed E-state index contributed by atoms with van der Waals surface area (Å²) in [5, 5.41) is 0.517. The third-order valence-electron chi connectivity index (χ3n) is 2.21. The summed E-state index contributed by atoms with van der Waals surface area (Å²) in [5.41, 5.74) is 0.217. The van der Waals surface area contributed by atoms with Gasteiger partial charge in [0.1, 0.15) is 11.8 Å². The van der Waals surface area contributed by atoms with E-state index in [2.05, 4.69) is 0 Å². The SMILES string of the molecule is CCO/C=C(/C(=O)OCC)C(=O)c1ccc(Cl)cc1. The highest BCUT2D eigenvalue weighted by molar-refractivity contribution is 6.31. The van der Waals surface area contributed by atoms with Crippen LogP contribution in [0.15, 0.2) is 36.1 Å².